The lowest BCUT2D eigenvalue weighted by Crippen LogP contribution is -1.92. The van der Waals surface area contributed by atoms with Crippen LogP contribution >= 0.6 is 22.6 Å². The molecular formula is C7H2F2IN. The first-order valence-electron chi connectivity index (χ1n) is 2.70. The van der Waals surface area contributed by atoms with Crippen molar-refractivity contribution >= 4 is 22.6 Å². The summed E-state index contributed by atoms with van der Waals surface area (Å²) in [7, 11) is 0. The molecule has 0 bridgehead atoms. The Kier molecular flexibility index (Phi) is 2.39. The lowest BCUT2D eigenvalue weighted by atomic mass is 10.2. The fourth-order valence-electron chi connectivity index (χ4n) is 0.630. The molecule has 0 spiro atoms. The van der Waals surface area contributed by atoms with Gasteiger partial charge in [-0.25, -0.2) is 8.78 Å². The summed E-state index contributed by atoms with van der Waals surface area (Å²) >= 11 is 1.77. The zero-order valence-electron chi connectivity index (χ0n) is 5.24. The van der Waals surface area contributed by atoms with Crippen LogP contribution in [0.15, 0.2) is 12.1 Å². The molecule has 1 nitrogen and oxygen atoms in total. The Morgan fingerprint density at radius 3 is 2.45 bits per heavy atom. The average Bonchev–Trinajstić information content (AvgIpc) is 1.99. The Morgan fingerprint density at radius 2 is 2.00 bits per heavy atom. The van der Waals surface area contributed by atoms with Crippen molar-refractivity contribution in [3.63, 3.8) is 0 Å². The molecule has 56 valence electrons. The Bertz CT molecular complexity index is 330. The van der Waals surface area contributed by atoms with Crippen molar-refractivity contribution in [1.82, 2.24) is 0 Å². The van der Waals surface area contributed by atoms with E-state index in [0.717, 1.165) is 6.07 Å². The van der Waals surface area contributed by atoms with Crippen molar-refractivity contribution in [2.75, 3.05) is 0 Å². The lowest BCUT2D eigenvalue weighted by molar-refractivity contribution is 0.505. The molecule has 0 N–H and O–H groups in total. The van der Waals surface area contributed by atoms with Gasteiger partial charge in [0.1, 0.15) is 11.6 Å². The van der Waals surface area contributed by atoms with E-state index in [0.29, 0.717) is 3.57 Å². The van der Waals surface area contributed by atoms with Crippen LogP contribution in [-0.2, 0) is 0 Å². The molecule has 0 fully saturated rings. The van der Waals surface area contributed by atoms with E-state index in [1.165, 1.54) is 6.07 Å². The Balaban J connectivity index is 3.44. The maximum Gasteiger partial charge on any atom is 0.177 e. The van der Waals surface area contributed by atoms with Crippen LogP contribution in [0.25, 0.3) is 0 Å². The van der Waals surface area contributed by atoms with Crippen LogP contribution in [-0.4, -0.2) is 0 Å². The number of hydrogen-bond acceptors (Lipinski definition) is 1. The maximum absolute atomic E-state index is 12.7. The molecule has 0 aliphatic rings. The van der Waals surface area contributed by atoms with E-state index in [1.54, 1.807) is 28.7 Å². The molecular weight excluding hydrogens is 263 g/mol. The van der Waals surface area contributed by atoms with E-state index in [4.69, 9.17) is 5.26 Å². The fourth-order valence-corrected chi connectivity index (χ4v) is 1.17. The van der Waals surface area contributed by atoms with Crippen LogP contribution < -0.4 is 0 Å². The fraction of sp³-hybridized carbons (Fsp3) is 0. The third-order valence-corrected chi connectivity index (χ3v) is 2.05. The van der Waals surface area contributed by atoms with Crippen LogP contribution in [0.1, 0.15) is 5.56 Å². The quantitative estimate of drug-likeness (QED) is 0.522. The van der Waals surface area contributed by atoms with Gasteiger partial charge in [0.05, 0.1) is 0 Å². The van der Waals surface area contributed by atoms with E-state index < -0.39 is 11.6 Å². The van der Waals surface area contributed by atoms with Gasteiger partial charge in [-0.3, -0.25) is 0 Å². The molecule has 0 saturated heterocycles. The number of hydrogen-bond donors (Lipinski definition) is 0. The van der Waals surface area contributed by atoms with Gasteiger partial charge in [-0.15, -0.1) is 0 Å². The summed E-state index contributed by atoms with van der Waals surface area (Å²) in [4.78, 5) is 0. The summed E-state index contributed by atoms with van der Waals surface area (Å²) in [6, 6.07) is 3.94. The van der Waals surface area contributed by atoms with Gasteiger partial charge in [0, 0.05) is 3.57 Å². The van der Waals surface area contributed by atoms with Gasteiger partial charge >= 0.3 is 0 Å². The highest BCUT2D eigenvalue weighted by Crippen LogP contribution is 2.17. The topological polar surface area (TPSA) is 23.8 Å². The predicted octanol–water partition coefficient (Wildman–Crippen LogP) is 2.44. The highest BCUT2D eigenvalue weighted by Gasteiger charge is 2.10. The van der Waals surface area contributed by atoms with E-state index in [-0.39, 0.29) is 5.56 Å². The van der Waals surface area contributed by atoms with E-state index in [9.17, 15) is 8.78 Å². The molecule has 0 aliphatic carbocycles. The Morgan fingerprint density at radius 1 is 1.36 bits per heavy atom. The highest BCUT2D eigenvalue weighted by atomic mass is 127. The first-order valence-corrected chi connectivity index (χ1v) is 3.78. The summed E-state index contributed by atoms with van der Waals surface area (Å²) in [5.74, 6) is -2.05. The molecule has 1 aromatic carbocycles. The maximum atomic E-state index is 12.7. The van der Waals surface area contributed by atoms with Crippen molar-refractivity contribution in [1.29, 1.82) is 5.26 Å². The molecule has 0 heterocycles. The molecule has 0 atom stereocenters. The zero-order chi connectivity index (χ0) is 8.43. The minimum atomic E-state index is -1.07. The molecule has 1 rings (SSSR count). The number of rotatable bonds is 0. The second-order valence-corrected chi connectivity index (χ2v) is 2.99. The second-order valence-electron chi connectivity index (χ2n) is 1.83. The van der Waals surface area contributed by atoms with E-state index in [1.807, 2.05) is 0 Å². The third kappa shape index (κ3) is 1.48. The Hall–Kier alpha value is -0.700. The summed E-state index contributed by atoms with van der Waals surface area (Å²) < 4.78 is 25.5. The standard InChI is InChI=1S/C7H2F2IN/c8-5-1-2-6(10)4(3-11)7(5)9/h1-2H. The normalized spacial score (nSPS) is 9.27. The highest BCUT2D eigenvalue weighted by molar-refractivity contribution is 14.1. The molecule has 1 aromatic rings. The third-order valence-electron chi connectivity index (χ3n) is 1.16. The number of halogens is 3. The van der Waals surface area contributed by atoms with Crippen molar-refractivity contribution < 1.29 is 8.78 Å². The largest absolute Gasteiger partial charge is 0.204 e. The molecule has 4 heteroatoms. The van der Waals surface area contributed by atoms with Gasteiger partial charge in [0.25, 0.3) is 0 Å². The van der Waals surface area contributed by atoms with Crippen LogP contribution in [0.4, 0.5) is 8.78 Å². The summed E-state index contributed by atoms with van der Waals surface area (Å²) in [6.07, 6.45) is 0. The van der Waals surface area contributed by atoms with Crippen LogP contribution in [0, 0.1) is 26.5 Å². The molecule has 11 heavy (non-hydrogen) atoms. The molecule has 0 aliphatic heterocycles. The van der Waals surface area contributed by atoms with E-state index in [2.05, 4.69) is 0 Å². The molecule has 0 saturated carbocycles. The average molecular weight is 265 g/mol. The zero-order valence-corrected chi connectivity index (χ0v) is 7.39. The van der Waals surface area contributed by atoms with Crippen LogP contribution in [0.2, 0.25) is 0 Å². The first-order chi connectivity index (χ1) is 5.16. The van der Waals surface area contributed by atoms with Crippen LogP contribution in [0.3, 0.4) is 0 Å². The van der Waals surface area contributed by atoms with E-state index >= 15 is 0 Å². The Labute approximate surface area is 75.8 Å². The number of benzene rings is 1. The van der Waals surface area contributed by atoms with Crippen molar-refractivity contribution in [2.24, 2.45) is 0 Å². The van der Waals surface area contributed by atoms with Gasteiger partial charge in [0.15, 0.2) is 11.6 Å². The summed E-state index contributed by atoms with van der Waals surface area (Å²) in [6.45, 7) is 0. The first kappa shape index (κ1) is 8.40. The van der Waals surface area contributed by atoms with Gasteiger partial charge < -0.3 is 0 Å². The monoisotopic (exact) mass is 265 g/mol. The smallest absolute Gasteiger partial charge is 0.177 e. The minimum absolute atomic E-state index is 0.231. The molecule has 0 radical (unpaired) electrons. The van der Waals surface area contributed by atoms with Gasteiger partial charge in [-0.2, -0.15) is 5.26 Å². The summed E-state index contributed by atoms with van der Waals surface area (Å²) in [5, 5.41) is 8.36. The van der Waals surface area contributed by atoms with Crippen molar-refractivity contribution in [3.05, 3.63) is 32.9 Å². The second kappa shape index (κ2) is 3.13. The van der Waals surface area contributed by atoms with Crippen LogP contribution in [0.5, 0.6) is 0 Å². The SMILES string of the molecule is N#Cc1c(I)ccc(F)c1F. The molecule has 0 amide bonds. The minimum Gasteiger partial charge on any atom is -0.204 e. The number of nitriles is 1. The van der Waals surface area contributed by atoms with Gasteiger partial charge in [-0.1, -0.05) is 0 Å². The van der Waals surface area contributed by atoms with Gasteiger partial charge in [0.2, 0.25) is 0 Å². The molecule has 0 unspecified atom stereocenters. The van der Waals surface area contributed by atoms with Crippen molar-refractivity contribution in [2.45, 2.75) is 0 Å². The summed E-state index contributed by atoms with van der Waals surface area (Å²) in [5.41, 5.74) is -0.231. The lowest BCUT2D eigenvalue weighted by Gasteiger charge is -1.96. The molecule has 0 aromatic heterocycles. The van der Waals surface area contributed by atoms with Crippen molar-refractivity contribution in [3.8, 4) is 6.07 Å². The van der Waals surface area contributed by atoms with Gasteiger partial charge in [-0.05, 0) is 34.7 Å². The predicted molar refractivity (Wildman–Crippen MR) is 43.8 cm³/mol. The number of nitrogens with zero attached hydrogens (tertiary/aromatic N) is 1.